The predicted molar refractivity (Wildman–Crippen MR) is 166 cm³/mol. The van der Waals surface area contributed by atoms with Crippen LogP contribution in [-0.4, -0.2) is 57.3 Å². The van der Waals surface area contributed by atoms with Crippen LogP contribution in [0, 0.1) is 5.82 Å². The van der Waals surface area contributed by atoms with Crippen molar-refractivity contribution >= 4 is 58.4 Å². The molecule has 3 amide bonds. The number of amides is 3. The van der Waals surface area contributed by atoms with Crippen molar-refractivity contribution in [3.63, 3.8) is 0 Å². The van der Waals surface area contributed by atoms with Gasteiger partial charge in [0.25, 0.3) is 5.91 Å². The Morgan fingerprint density at radius 1 is 1.23 bits per heavy atom. The number of aromatic nitrogens is 2. The van der Waals surface area contributed by atoms with Crippen LogP contribution in [0.25, 0.3) is 0 Å². The van der Waals surface area contributed by atoms with Crippen molar-refractivity contribution < 1.29 is 18.8 Å². The molecule has 3 aliphatic rings. The van der Waals surface area contributed by atoms with E-state index in [-0.39, 0.29) is 42.9 Å². The number of nitrogen functional groups attached to an aromatic ring is 1. The molecule has 4 heterocycles. The Balaban J connectivity index is 1.12. The summed E-state index contributed by atoms with van der Waals surface area (Å²) in [5, 5.41) is 6.48. The van der Waals surface area contributed by atoms with Gasteiger partial charge in [0.1, 0.15) is 22.7 Å². The third-order valence-electron chi connectivity index (χ3n) is 8.27. The lowest BCUT2D eigenvalue weighted by Crippen LogP contribution is -2.52. The topological polar surface area (TPSA) is 160 Å². The van der Waals surface area contributed by atoms with E-state index in [4.69, 9.17) is 23.1 Å². The molecule has 6 rings (SSSR count). The normalized spacial score (nSPS) is 19.6. The standard InChI is InChI=1S/C30H32ClFN8O3S/c1-30(34)7-9-39(10-8-30)22-14-36-28(26(33)37-22)44-21-4-2-3-19(25(21)31)35-13-16-11-17-15-40(29(43)24(17)18(32)12-16)20-5-6-23(41)38-27(20)42/h2-4,11-12,14,20,35H,5-10,13,15,34H2,1H3,(H2,33,37)(H,38,41,42). The molecule has 0 bridgehead atoms. The quantitative estimate of drug-likeness (QED) is 0.281. The number of hydrogen-bond acceptors (Lipinski definition) is 10. The van der Waals surface area contributed by atoms with Crippen molar-refractivity contribution in [3.8, 4) is 0 Å². The second-order valence-electron chi connectivity index (χ2n) is 11.6. The molecular weight excluding hydrogens is 607 g/mol. The number of nitrogens with two attached hydrogens (primary N) is 2. The number of halogens is 2. The number of rotatable bonds is 7. The van der Waals surface area contributed by atoms with Crippen LogP contribution in [0.5, 0.6) is 0 Å². The average Bonchev–Trinajstić information content (AvgIpc) is 3.30. The van der Waals surface area contributed by atoms with Crippen LogP contribution in [0.1, 0.15) is 54.1 Å². The molecule has 0 spiro atoms. The van der Waals surface area contributed by atoms with Gasteiger partial charge in [0.15, 0.2) is 5.82 Å². The summed E-state index contributed by atoms with van der Waals surface area (Å²) in [6, 6.07) is 7.74. The molecule has 1 atom stereocenters. The first-order valence-corrected chi connectivity index (χ1v) is 15.5. The van der Waals surface area contributed by atoms with Gasteiger partial charge in [-0.25, -0.2) is 14.4 Å². The van der Waals surface area contributed by atoms with E-state index in [1.807, 2.05) is 18.2 Å². The van der Waals surface area contributed by atoms with Crippen molar-refractivity contribution in [1.82, 2.24) is 20.2 Å². The maximum absolute atomic E-state index is 15.1. The molecule has 0 aliphatic carbocycles. The molecule has 1 unspecified atom stereocenters. The Hall–Kier alpha value is -3.94. The summed E-state index contributed by atoms with van der Waals surface area (Å²) in [5.41, 5.74) is 14.0. The van der Waals surface area contributed by atoms with E-state index in [0.29, 0.717) is 43.4 Å². The lowest BCUT2D eigenvalue weighted by Gasteiger charge is -2.37. The predicted octanol–water partition coefficient (Wildman–Crippen LogP) is 3.69. The van der Waals surface area contributed by atoms with Gasteiger partial charge in [0.05, 0.1) is 22.5 Å². The highest BCUT2D eigenvalue weighted by atomic mass is 35.5. The molecule has 0 saturated carbocycles. The van der Waals surface area contributed by atoms with Crippen LogP contribution < -0.4 is 27.0 Å². The molecule has 44 heavy (non-hydrogen) atoms. The molecule has 0 radical (unpaired) electrons. The maximum atomic E-state index is 15.1. The van der Waals surface area contributed by atoms with Gasteiger partial charge in [-0.3, -0.25) is 19.7 Å². The summed E-state index contributed by atoms with van der Waals surface area (Å²) in [6.07, 6.45) is 3.77. The van der Waals surface area contributed by atoms with E-state index in [1.165, 1.54) is 22.7 Å². The summed E-state index contributed by atoms with van der Waals surface area (Å²) in [4.78, 5) is 50.1. The second-order valence-corrected chi connectivity index (χ2v) is 13.1. The molecule has 3 aromatic rings. The van der Waals surface area contributed by atoms with Gasteiger partial charge < -0.3 is 26.6 Å². The van der Waals surface area contributed by atoms with E-state index in [2.05, 4.69) is 32.4 Å². The van der Waals surface area contributed by atoms with Gasteiger partial charge in [-0.15, -0.1) is 0 Å². The smallest absolute Gasteiger partial charge is 0.258 e. The lowest BCUT2D eigenvalue weighted by molar-refractivity contribution is -0.136. The number of fused-ring (bicyclic) bond motifs is 1. The van der Waals surface area contributed by atoms with Gasteiger partial charge in [-0.05, 0) is 55.5 Å². The third-order valence-corrected chi connectivity index (χ3v) is 9.85. The summed E-state index contributed by atoms with van der Waals surface area (Å²) in [7, 11) is 0. The third kappa shape index (κ3) is 6.04. The fourth-order valence-corrected chi connectivity index (χ4v) is 6.83. The number of carbonyl (C=O) groups is 3. The number of anilines is 3. The Bertz CT molecular complexity index is 1660. The molecule has 2 fully saturated rings. The molecule has 11 nitrogen and oxygen atoms in total. The van der Waals surface area contributed by atoms with Crippen LogP contribution in [0.4, 0.5) is 21.7 Å². The van der Waals surface area contributed by atoms with E-state index in [1.54, 1.807) is 12.3 Å². The van der Waals surface area contributed by atoms with Crippen molar-refractivity contribution in [2.75, 3.05) is 29.0 Å². The highest BCUT2D eigenvalue weighted by molar-refractivity contribution is 7.99. The summed E-state index contributed by atoms with van der Waals surface area (Å²) in [5.74, 6) is -1.11. The van der Waals surface area contributed by atoms with Crippen molar-refractivity contribution in [2.45, 2.75) is 67.2 Å². The highest BCUT2D eigenvalue weighted by Gasteiger charge is 2.40. The lowest BCUT2D eigenvalue weighted by atomic mass is 9.91. The fraction of sp³-hybridized carbons (Fsp3) is 0.367. The zero-order chi connectivity index (χ0) is 31.2. The molecule has 2 aromatic carbocycles. The van der Waals surface area contributed by atoms with Gasteiger partial charge >= 0.3 is 0 Å². The Morgan fingerprint density at radius 3 is 2.73 bits per heavy atom. The first-order valence-electron chi connectivity index (χ1n) is 14.3. The molecular formula is C30H32ClFN8O3S. The number of carbonyl (C=O) groups excluding carboxylic acids is 3. The van der Waals surface area contributed by atoms with Crippen LogP contribution in [-0.2, 0) is 22.7 Å². The maximum Gasteiger partial charge on any atom is 0.258 e. The Kier molecular flexibility index (Phi) is 8.12. The Morgan fingerprint density at radius 2 is 2.00 bits per heavy atom. The van der Waals surface area contributed by atoms with Gasteiger partial charge in [-0.1, -0.05) is 35.5 Å². The van der Waals surface area contributed by atoms with Crippen molar-refractivity contribution in [3.05, 3.63) is 64.1 Å². The number of imide groups is 1. The SMILES string of the molecule is CC1(N)CCN(c2cnc(Sc3cccc(NCc4cc(F)c5c(c4)CN(C4CCC(=O)NC4=O)C5=O)c3Cl)c(N)n2)CC1. The molecule has 3 aliphatic heterocycles. The number of nitrogens with one attached hydrogen (secondary N) is 2. The van der Waals surface area contributed by atoms with Gasteiger partial charge in [-0.2, -0.15) is 0 Å². The number of piperidine rings is 2. The first kappa shape index (κ1) is 30.1. The molecule has 230 valence electrons. The second kappa shape index (κ2) is 11.9. The number of hydrogen-bond donors (Lipinski definition) is 4. The van der Waals surface area contributed by atoms with Gasteiger partial charge in [0.2, 0.25) is 11.8 Å². The molecule has 2 saturated heterocycles. The highest BCUT2D eigenvalue weighted by Crippen LogP contribution is 2.39. The summed E-state index contributed by atoms with van der Waals surface area (Å²) in [6.45, 7) is 3.95. The minimum absolute atomic E-state index is 0.0438. The Labute approximate surface area is 262 Å². The fourth-order valence-electron chi connectivity index (χ4n) is 5.71. The van der Waals surface area contributed by atoms with Crippen LogP contribution in [0.15, 0.2) is 46.5 Å². The minimum atomic E-state index is -0.810. The number of nitrogens with zero attached hydrogens (tertiary/aromatic N) is 4. The van der Waals surface area contributed by atoms with E-state index in [0.717, 1.165) is 25.9 Å². The molecule has 6 N–H and O–H groups in total. The zero-order valence-corrected chi connectivity index (χ0v) is 25.6. The largest absolute Gasteiger partial charge is 0.381 e. The average molecular weight is 639 g/mol. The summed E-state index contributed by atoms with van der Waals surface area (Å²) >= 11 is 8.05. The van der Waals surface area contributed by atoms with Crippen molar-refractivity contribution in [2.24, 2.45) is 5.73 Å². The van der Waals surface area contributed by atoms with E-state index >= 15 is 4.39 Å². The van der Waals surface area contributed by atoms with E-state index < -0.39 is 23.7 Å². The monoisotopic (exact) mass is 638 g/mol. The van der Waals surface area contributed by atoms with E-state index in [9.17, 15) is 14.4 Å². The zero-order valence-electron chi connectivity index (χ0n) is 24.0. The van der Waals surface area contributed by atoms with Crippen LogP contribution in [0.3, 0.4) is 0 Å². The van der Waals surface area contributed by atoms with Gasteiger partial charge in [0, 0.05) is 43.0 Å². The molecule has 1 aromatic heterocycles. The first-order chi connectivity index (χ1) is 21.0. The van der Waals surface area contributed by atoms with Crippen LogP contribution in [0.2, 0.25) is 5.02 Å². The number of benzene rings is 2. The van der Waals surface area contributed by atoms with Crippen LogP contribution >= 0.6 is 23.4 Å². The van der Waals surface area contributed by atoms with Crippen molar-refractivity contribution in [1.29, 1.82) is 0 Å². The molecule has 14 heteroatoms. The minimum Gasteiger partial charge on any atom is -0.381 e. The summed E-state index contributed by atoms with van der Waals surface area (Å²) < 4.78 is 15.1.